The van der Waals surface area contributed by atoms with E-state index >= 15 is 0 Å². The van der Waals surface area contributed by atoms with Gasteiger partial charge in [0.15, 0.2) is 0 Å². The summed E-state index contributed by atoms with van der Waals surface area (Å²) in [6.07, 6.45) is 1.69. The molecule has 1 N–H and O–H groups in total. The number of amides is 1. The molecule has 116 valence electrons. The topological polar surface area (TPSA) is 72.5 Å². The Bertz CT molecular complexity index is 629. The van der Waals surface area contributed by atoms with Crippen molar-refractivity contribution in [3.05, 3.63) is 29.6 Å². The number of rotatable bonds is 5. The van der Waals surface area contributed by atoms with Crippen LogP contribution in [0.4, 0.5) is 4.39 Å². The predicted octanol–water partition coefficient (Wildman–Crippen LogP) is 1.91. The molecule has 1 aromatic rings. The number of ether oxygens (including phenoxy) is 1. The Hall–Kier alpha value is -1.18. The zero-order valence-corrected chi connectivity index (χ0v) is 12.7. The summed E-state index contributed by atoms with van der Waals surface area (Å²) in [5, 5.41) is 2.57. The van der Waals surface area contributed by atoms with Gasteiger partial charge < -0.3 is 10.1 Å². The highest BCUT2D eigenvalue weighted by Gasteiger charge is 2.19. The Kier molecular flexibility index (Phi) is 5.18. The molecule has 0 radical (unpaired) electrons. The lowest BCUT2D eigenvalue weighted by molar-refractivity contribution is 0.0946. The quantitative estimate of drug-likeness (QED) is 0.834. The van der Waals surface area contributed by atoms with Crippen molar-refractivity contribution in [3.8, 4) is 0 Å². The van der Waals surface area contributed by atoms with Crippen molar-refractivity contribution >= 4 is 25.6 Å². The van der Waals surface area contributed by atoms with Gasteiger partial charge in [0, 0.05) is 30.4 Å². The van der Waals surface area contributed by atoms with E-state index < -0.39 is 20.8 Å². The highest BCUT2D eigenvalue weighted by molar-refractivity contribution is 8.13. The molecule has 1 atom stereocenters. The van der Waals surface area contributed by atoms with Gasteiger partial charge in [0.1, 0.15) is 5.82 Å². The highest BCUT2D eigenvalue weighted by atomic mass is 35.7. The Morgan fingerprint density at radius 3 is 2.86 bits per heavy atom. The van der Waals surface area contributed by atoms with E-state index in [9.17, 15) is 17.6 Å². The fraction of sp³-hybridized carbons (Fsp3) is 0.462. The van der Waals surface area contributed by atoms with Crippen LogP contribution in [0.25, 0.3) is 0 Å². The number of carbonyl (C=O) groups is 1. The maximum Gasteiger partial charge on any atom is 0.261 e. The maximum absolute atomic E-state index is 13.6. The van der Waals surface area contributed by atoms with Crippen LogP contribution < -0.4 is 5.32 Å². The first kappa shape index (κ1) is 16.2. The Labute approximate surface area is 126 Å². The van der Waals surface area contributed by atoms with Crippen LogP contribution in [0, 0.1) is 11.7 Å². The second kappa shape index (κ2) is 6.72. The van der Waals surface area contributed by atoms with E-state index in [4.69, 9.17) is 15.4 Å². The van der Waals surface area contributed by atoms with Crippen molar-refractivity contribution in [1.29, 1.82) is 0 Å². The van der Waals surface area contributed by atoms with Crippen LogP contribution in [0.15, 0.2) is 23.1 Å². The molecule has 1 saturated heterocycles. The largest absolute Gasteiger partial charge is 0.381 e. The van der Waals surface area contributed by atoms with Gasteiger partial charge in [-0.1, -0.05) is 0 Å². The molecule has 1 unspecified atom stereocenters. The molecule has 1 fully saturated rings. The number of hydrogen-bond donors (Lipinski definition) is 1. The minimum Gasteiger partial charge on any atom is -0.381 e. The van der Waals surface area contributed by atoms with Crippen LogP contribution in [0.1, 0.15) is 23.2 Å². The molecule has 1 heterocycles. The van der Waals surface area contributed by atoms with Crippen LogP contribution in [0.3, 0.4) is 0 Å². The van der Waals surface area contributed by atoms with E-state index in [-0.39, 0.29) is 10.5 Å². The number of hydrogen-bond acceptors (Lipinski definition) is 4. The van der Waals surface area contributed by atoms with Crippen LogP contribution >= 0.6 is 10.7 Å². The molecule has 1 aliphatic heterocycles. The van der Waals surface area contributed by atoms with Crippen molar-refractivity contribution < 1.29 is 22.3 Å². The Balaban J connectivity index is 2.01. The van der Waals surface area contributed by atoms with Gasteiger partial charge in [-0.15, -0.1) is 0 Å². The zero-order chi connectivity index (χ0) is 15.5. The van der Waals surface area contributed by atoms with Gasteiger partial charge in [0.2, 0.25) is 0 Å². The second-order valence-electron chi connectivity index (χ2n) is 4.85. The Morgan fingerprint density at radius 2 is 2.24 bits per heavy atom. The van der Waals surface area contributed by atoms with Gasteiger partial charge >= 0.3 is 0 Å². The molecule has 5 nitrogen and oxygen atoms in total. The Morgan fingerprint density at radius 1 is 1.48 bits per heavy atom. The maximum atomic E-state index is 13.6. The normalized spacial score (nSPS) is 18.7. The van der Waals surface area contributed by atoms with Gasteiger partial charge in [-0.2, -0.15) is 0 Å². The summed E-state index contributed by atoms with van der Waals surface area (Å²) < 4.78 is 41.2. The fourth-order valence-electron chi connectivity index (χ4n) is 2.13. The minimum absolute atomic E-state index is 0.306. The van der Waals surface area contributed by atoms with Crippen molar-refractivity contribution in [3.63, 3.8) is 0 Å². The molecule has 0 spiro atoms. The van der Waals surface area contributed by atoms with Crippen LogP contribution in [-0.4, -0.2) is 34.1 Å². The molecule has 1 aliphatic rings. The summed E-state index contributed by atoms with van der Waals surface area (Å²) in [7, 11) is 1.18. The predicted molar refractivity (Wildman–Crippen MR) is 75.3 cm³/mol. The average molecular weight is 336 g/mol. The lowest BCUT2D eigenvalue weighted by atomic mass is 10.1. The first-order valence-corrected chi connectivity index (χ1v) is 8.79. The molecule has 21 heavy (non-hydrogen) atoms. The zero-order valence-electron chi connectivity index (χ0n) is 11.1. The molecule has 2 rings (SSSR count). The third-order valence-corrected chi connectivity index (χ3v) is 4.68. The molecule has 8 heteroatoms. The van der Waals surface area contributed by atoms with Gasteiger partial charge in [-0.3, -0.25) is 4.79 Å². The molecule has 0 aliphatic carbocycles. The van der Waals surface area contributed by atoms with Gasteiger partial charge in [0.25, 0.3) is 15.0 Å². The van der Waals surface area contributed by atoms with E-state index in [0.29, 0.717) is 19.1 Å². The van der Waals surface area contributed by atoms with Crippen molar-refractivity contribution in [2.45, 2.75) is 17.7 Å². The SMILES string of the molecule is O=C(NCCC1CCOC1)c1cc(S(=O)(=O)Cl)ccc1F. The monoisotopic (exact) mass is 335 g/mol. The van der Waals surface area contributed by atoms with Gasteiger partial charge in [-0.25, -0.2) is 12.8 Å². The highest BCUT2D eigenvalue weighted by Crippen LogP contribution is 2.19. The summed E-state index contributed by atoms with van der Waals surface area (Å²) in [4.78, 5) is 11.6. The third kappa shape index (κ3) is 4.39. The standard InChI is InChI=1S/C13H15ClFNO4S/c14-21(18,19)10-1-2-12(15)11(7-10)13(17)16-5-3-9-4-6-20-8-9/h1-2,7,9H,3-6,8H2,(H,16,17). The molecular formula is C13H15ClFNO4S. The van der Waals surface area contributed by atoms with Crippen molar-refractivity contribution in [1.82, 2.24) is 5.32 Å². The summed E-state index contributed by atoms with van der Waals surface area (Å²) in [6, 6.07) is 2.87. The summed E-state index contributed by atoms with van der Waals surface area (Å²) in [5.41, 5.74) is -0.334. The first-order valence-electron chi connectivity index (χ1n) is 6.48. The number of benzene rings is 1. The van der Waals surface area contributed by atoms with E-state index in [1.807, 2.05) is 0 Å². The van der Waals surface area contributed by atoms with Crippen LogP contribution in [0.5, 0.6) is 0 Å². The lowest BCUT2D eigenvalue weighted by Gasteiger charge is -2.09. The molecule has 1 amide bonds. The molecule has 0 saturated carbocycles. The summed E-state index contributed by atoms with van der Waals surface area (Å²) in [5.74, 6) is -1.06. The average Bonchev–Trinajstić information content (AvgIpc) is 2.91. The molecule has 0 aromatic heterocycles. The third-order valence-electron chi connectivity index (χ3n) is 3.33. The number of halogens is 2. The van der Waals surface area contributed by atoms with E-state index in [0.717, 1.165) is 37.6 Å². The van der Waals surface area contributed by atoms with Crippen molar-refractivity contribution in [2.24, 2.45) is 5.92 Å². The number of carbonyl (C=O) groups excluding carboxylic acids is 1. The summed E-state index contributed by atoms with van der Waals surface area (Å²) in [6.45, 7) is 1.78. The van der Waals surface area contributed by atoms with Crippen LogP contribution in [0.2, 0.25) is 0 Å². The molecule has 1 aromatic carbocycles. The lowest BCUT2D eigenvalue weighted by Crippen LogP contribution is -2.27. The summed E-state index contributed by atoms with van der Waals surface area (Å²) >= 11 is 0. The molecular weight excluding hydrogens is 321 g/mol. The van der Waals surface area contributed by atoms with E-state index in [2.05, 4.69) is 5.32 Å². The van der Waals surface area contributed by atoms with Gasteiger partial charge in [-0.05, 0) is 37.0 Å². The fourth-order valence-corrected chi connectivity index (χ4v) is 2.90. The smallest absolute Gasteiger partial charge is 0.261 e. The minimum atomic E-state index is -4.00. The molecule has 0 bridgehead atoms. The second-order valence-corrected chi connectivity index (χ2v) is 7.42. The van der Waals surface area contributed by atoms with Gasteiger partial charge in [0.05, 0.1) is 10.5 Å². The van der Waals surface area contributed by atoms with Crippen LogP contribution in [-0.2, 0) is 13.8 Å². The number of nitrogens with one attached hydrogen (secondary N) is 1. The van der Waals surface area contributed by atoms with E-state index in [1.54, 1.807) is 0 Å². The van der Waals surface area contributed by atoms with Crippen molar-refractivity contribution in [2.75, 3.05) is 19.8 Å². The van der Waals surface area contributed by atoms with E-state index in [1.165, 1.54) is 0 Å². The first-order chi connectivity index (χ1) is 9.88.